The molecular weight excluding hydrogens is 212 g/mol. The fraction of sp³-hybridized carbons (Fsp3) is 0.500. The Morgan fingerprint density at radius 1 is 1.53 bits per heavy atom. The molecule has 0 bridgehead atoms. The third kappa shape index (κ3) is 3.56. The maximum absolute atomic E-state index is 9.60. The molecule has 0 radical (unpaired) electrons. The number of aromatic nitrogens is 1. The molecule has 1 atom stereocenters. The second kappa shape index (κ2) is 5.32. The van der Waals surface area contributed by atoms with Gasteiger partial charge in [0.15, 0.2) is 0 Å². The van der Waals surface area contributed by atoms with Crippen molar-refractivity contribution >= 4 is 5.82 Å². The van der Waals surface area contributed by atoms with E-state index in [1.165, 1.54) is 0 Å². The molecule has 17 heavy (non-hydrogen) atoms. The minimum atomic E-state index is -0.470. The number of hydrogen-bond acceptors (Lipinski definition) is 3. The van der Waals surface area contributed by atoms with E-state index in [9.17, 15) is 5.11 Å². The summed E-state index contributed by atoms with van der Waals surface area (Å²) >= 11 is 0. The first-order valence-electron chi connectivity index (χ1n) is 5.89. The molecule has 0 aromatic carbocycles. The van der Waals surface area contributed by atoms with E-state index in [-0.39, 0.29) is 5.54 Å². The number of anilines is 1. The second-order valence-electron chi connectivity index (χ2n) is 5.19. The number of rotatable bonds is 4. The number of pyridine rings is 1. The highest BCUT2D eigenvalue weighted by molar-refractivity contribution is 5.44. The van der Waals surface area contributed by atoms with Gasteiger partial charge in [-0.05, 0) is 45.4 Å². The van der Waals surface area contributed by atoms with Crippen molar-refractivity contribution in [3.05, 3.63) is 36.5 Å². The van der Waals surface area contributed by atoms with Gasteiger partial charge in [-0.2, -0.15) is 0 Å². The molecule has 0 spiro atoms. The Kier molecular flexibility index (Phi) is 4.29. The van der Waals surface area contributed by atoms with Crippen LogP contribution in [-0.2, 0) is 0 Å². The average Bonchev–Trinajstić information content (AvgIpc) is 2.24. The first-order valence-corrected chi connectivity index (χ1v) is 5.89. The zero-order chi connectivity index (χ0) is 13.1. The summed E-state index contributed by atoms with van der Waals surface area (Å²) in [6.07, 6.45) is 3.13. The Balaban J connectivity index is 3.10. The maximum atomic E-state index is 9.60. The smallest absolute Gasteiger partial charge is 0.129 e. The van der Waals surface area contributed by atoms with Crippen LogP contribution in [-0.4, -0.2) is 22.2 Å². The van der Waals surface area contributed by atoms with Gasteiger partial charge in [-0.1, -0.05) is 6.08 Å². The first-order chi connectivity index (χ1) is 7.86. The topological polar surface area (TPSA) is 36.4 Å². The molecule has 3 nitrogen and oxygen atoms in total. The van der Waals surface area contributed by atoms with E-state index in [4.69, 9.17) is 0 Å². The van der Waals surface area contributed by atoms with E-state index >= 15 is 0 Å². The van der Waals surface area contributed by atoms with Gasteiger partial charge in [0.05, 0.1) is 6.10 Å². The molecule has 0 aliphatic carbocycles. The van der Waals surface area contributed by atoms with Crippen LogP contribution in [0.15, 0.2) is 31.0 Å². The highest BCUT2D eigenvalue weighted by atomic mass is 16.3. The highest BCUT2D eigenvalue weighted by Gasteiger charge is 2.21. The quantitative estimate of drug-likeness (QED) is 0.814. The Morgan fingerprint density at radius 3 is 2.65 bits per heavy atom. The van der Waals surface area contributed by atoms with Crippen molar-refractivity contribution in [1.82, 2.24) is 4.98 Å². The standard InChI is InChI=1S/C14H22N2O/c1-6-9-16(14(3,4)5)13-10-12(11(2)17)7-8-15-13/h6-8,10-11,17H,1,9H2,2-5H3. The number of aliphatic hydroxyl groups is 1. The van der Waals surface area contributed by atoms with Gasteiger partial charge in [-0.25, -0.2) is 4.98 Å². The van der Waals surface area contributed by atoms with Crippen LogP contribution >= 0.6 is 0 Å². The summed E-state index contributed by atoms with van der Waals surface area (Å²) in [5.74, 6) is 0.871. The third-order valence-corrected chi connectivity index (χ3v) is 2.65. The van der Waals surface area contributed by atoms with Crippen molar-refractivity contribution < 1.29 is 5.11 Å². The molecule has 0 amide bonds. The fourth-order valence-corrected chi connectivity index (χ4v) is 1.68. The maximum Gasteiger partial charge on any atom is 0.129 e. The Labute approximate surface area is 104 Å². The molecule has 94 valence electrons. The van der Waals surface area contributed by atoms with E-state index in [2.05, 4.69) is 37.2 Å². The summed E-state index contributed by atoms with van der Waals surface area (Å²) in [5.41, 5.74) is 0.853. The van der Waals surface area contributed by atoms with Crippen LogP contribution in [0, 0.1) is 0 Å². The molecule has 1 heterocycles. The lowest BCUT2D eigenvalue weighted by Gasteiger charge is -2.36. The lowest BCUT2D eigenvalue weighted by Crippen LogP contribution is -2.42. The monoisotopic (exact) mass is 234 g/mol. The Hall–Kier alpha value is -1.35. The van der Waals surface area contributed by atoms with E-state index in [0.717, 1.165) is 17.9 Å². The number of nitrogens with zero attached hydrogens (tertiary/aromatic N) is 2. The second-order valence-corrected chi connectivity index (χ2v) is 5.19. The summed E-state index contributed by atoms with van der Waals surface area (Å²) in [5, 5.41) is 9.60. The van der Waals surface area contributed by atoms with Crippen molar-refractivity contribution in [2.75, 3.05) is 11.4 Å². The summed E-state index contributed by atoms with van der Waals surface area (Å²) in [6, 6.07) is 3.77. The molecule has 1 aromatic rings. The van der Waals surface area contributed by atoms with E-state index < -0.39 is 6.10 Å². The summed E-state index contributed by atoms with van der Waals surface area (Å²) in [7, 11) is 0. The summed E-state index contributed by atoms with van der Waals surface area (Å²) in [4.78, 5) is 6.53. The number of aliphatic hydroxyl groups excluding tert-OH is 1. The Bertz CT molecular complexity index is 380. The van der Waals surface area contributed by atoms with E-state index in [1.807, 2.05) is 18.2 Å². The van der Waals surface area contributed by atoms with Gasteiger partial charge in [0.1, 0.15) is 5.82 Å². The SMILES string of the molecule is C=CCN(c1cc(C(C)O)ccn1)C(C)(C)C. The van der Waals surface area contributed by atoms with Crippen molar-refractivity contribution in [3.63, 3.8) is 0 Å². The Morgan fingerprint density at radius 2 is 2.18 bits per heavy atom. The van der Waals surface area contributed by atoms with Crippen LogP contribution in [0.5, 0.6) is 0 Å². The van der Waals surface area contributed by atoms with Crippen LogP contribution in [0.2, 0.25) is 0 Å². The fourth-order valence-electron chi connectivity index (χ4n) is 1.68. The molecule has 1 unspecified atom stereocenters. The molecule has 0 aliphatic heterocycles. The van der Waals surface area contributed by atoms with Gasteiger partial charge in [-0.15, -0.1) is 6.58 Å². The van der Waals surface area contributed by atoms with Gasteiger partial charge in [0.2, 0.25) is 0 Å². The molecule has 0 fully saturated rings. The van der Waals surface area contributed by atoms with Crippen molar-refractivity contribution in [2.45, 2.75) is 39.3 Å². The zero-order valence-electron chi connectivity index (χ0n) is 11.1. The predicted molar refractivity (Wildman–Crippen MR) is 72.2 cm³/mol. The highest BCUT2D eigenvalue weighted by Crippen LogP contribution is 2.24. The molecule has 0 aliphatic rings. The van der Waals surface area contributed by atoms with E-state index in [0.29, 0.717) is 0 Å². The molecule has 1 rings (SSSR count). The molecule has 0 saturated carbocycles. The minimum Gasteiger partial charge on any atom is -0.389 e. The molecule has 0 saturated heterocycles. The van der Waals surface area contributed by atoms with Crippen LogP contribution in [0.4, 0.5) is 5.82 Å². The lowest BCUT2D eigenvalue weighted by atomic mass is 10.1. The average molecular weight is 234 g/mol. The van der Waals surface area contributed by atoms with Crippen LogP contribution in [0.3, 0.4) is 0 Å². The lowest BCUT2D eigenvalue weighted by molar-refractivity contribution is 0.199. The largest absolute Gasteiger partial charge is 0.389 e. The van der Waals surface area contributed by atoms with Gasteiger partial charge >= 0.3 is 0 Å². The van der Waals surface area contributed by atoms with Crippen molar-refractivity contribution in [1.29, 1.82) is 0 Å². The van der Waals surface area contributed by atoms with Gasteiger partial charge in [0.25, 0.3) is 0 Å². The van der Waals surface area contributed by atoms with Gasteiger partial charge in [0, 0.05) is 18.3 Å². The zero-order valence-corrected chi connectivity index (χ0v) is 11.1. The predicted octanol–water partition coefficient (Wildman–Crippen LogP) is 2.93. The molecule has 1 N–H and O–H groups in total. The molecular formula is C14H22N2O. The summed E-state index contributed by atoms with van der Waals surface area (Å²) in [6.45, 7) is 12.7. The number of hydrogen-bond donors (Lipinski definition) is 1. The van der Waals surface area contributed by atoms with Crippen LogP contribution in [0.25, 0.3) is 0 Å². The van der Waals surface area contributed by atoms with Gasteiger partial charge < -0.3 is 10.0 Å². The third-order valence-electron chi connectivity index (χ3n) is 2.65. The summed E-state index contributed by atoms with van der Waals surface area (Å²) < 4.78 is 0. The minimum absolute atomic E-state index is 0.0293. The molecule has 3 heteroatoms. The van der Waals surface area contributed by atoms with Crippen LogP contribution in [0.1, 0.15) is 39.4 Å². The van der Waals surface area contributed by atoms with E-state index in [1.54, 1.807) is 13.1 Å². The van der Waals surface area contributed by atoms with Crippen molar-refractivity contribution in [3.8, 4) is 0 Å². The van der Waals surface area contributed by atoms with Crippen LogP contribution < -0.4 is 4.90 Å². The normalized spacial score (nSPS) is 13.2. The van der Waals surface area contributed by atoms with Gasteiger partial charge in [-0.3, -0.25) is 0 Å². The first kappa shape index (κ1) is 13.7. The van der Waals surface area contributed by atoms with Crippen molar-refractivity contribution in [2.24, 2.45) is 0 Å². The molecule has 1 aromatic heterocycles.